The molecular formula is C18H33N5O7. The van der Waals surface area contributed by atoms with E-state index in [1.165, 1.54) is 13.8 Å². The van der Waals surface area contributed by atoms with Crippen LogP contribution >= 0.6 is 0 Å². The van der Waals surface area contributed by atoms with Gasteiger partial charge in [0.15, 0.2) is 0 Å². The van der Waals surface area contributed by atoms with Crippen LogP contribution < -0.4 is 27.4 Å². The van der Waals surface area contributed by atoms with Crippen LogP contribution in [0.3, 0.4) is 0 Å². The maximum absolute atomic E-state index is 12.7. The molecule has 0 saturated carbocycles. The molecular weight excluding hydrogens is 398 g/mol. The first-order chi connectivity index (χ1) is 13.8. The average Bonchev–Trinajstić information content (AvgIpc) is 2.65. The molecule has 0 aliphatic heterocycles. The number of nitrogens with two attached hydrogens (primary N) is 2. The molecule has 9 N–H and O–H groups in total. The van der Waals surface area contributed by atoms with Gasteiger partial charge in [-0.3, -0.25) is 19.2 Å². The number of carbonyl (C=O) groups excluding carboxylic acids is 4. The predicted octanol–water partition coefficient (Wildman–Crippen LogP) is -2.43. The Labute approximate surface area is 175 Å². The number of rotatable bonds is 13. The van der Waals surface area contributed by atoms with Gasteiger partial charge in [-0.2, -0.15) is 0 Å². The van der Waals surface area contributed by atoms with Gasteiger partial charge in [0.25, 0.3) is 0 Å². The third-order valence-corrected chi connectivity index (χ3v) is 4.56. The van der Waals surface area contributed by atoms with Crippen molar-refractivity contribution in [1.29, 1.82) is 0 Å². The monoisotopic (exact) mass is 431 g/mol. The molecule has 0 aliphatic rings. The Kier molecular flexibility index (Phi) is 11.6. The SMILES string of the molecule is CCC(C)C(NC(=O)C(NC(=O)C(C)N)C(C)O)C(=O)NC(CCC(N)=O)C(=O)O. The Balaban J connectivity index is 5.44. The van der Waals surface area contributed by atoms with Crippen molar-refractivity contribution in [2.75, 3.05) is 0 Å². The van der Waals surface area contributed by atoms with Crippen LogP contribution in [-0.4, -0.2) is 70.1 Å². The predicted molar refractivity (Wildman–Crippen MR) is 107 cm³/mol. The minimum absolute atomic E-state index is 0.210. The fourth-order valence-corrected chi connectivity index (χ4v) is 2.44. The summed E-state index contributed by atoms with van der Waals surface area (Å²) in [6.07, 6.45) is -1.28. The zero-order valence-electron chi connectivity index (χ0n) is 17.7. The van der Waals surface area contributed by atoms with Gasteiger partial charge < -0.3 is 37.6 Å². The van der Waals surface area contributed by atoms with E-state index < -0.39 is 65.8 Å². The molecule has 0 aromatic carbocycles. The summed E-state index contributed by atoms with van der Waals surface area (Å²) in [6, 6.07) is -4.81. The maximum Gasteiger partial charge on any atom is 0.326 e. The second-order valence-corrected chi connectivity index (χ2v) is 7.29. The van der Waals surface area contributed by atoms with Crippen molar-refractivity contribution in [3.05, 3.63) is 0 Å². The molecule has 0 radical (unpaired) electrons. The molecule has 30 heavy (non-hydrogen) atoms. The highest BCUT2D eigenvalue weighted by atomic mass is 16.4. The van der Waals surface area contributed by atoms with Crippen LogP contribution in [0, 0.1) is 5.92 Å². The molecule has 0 fully saturated rings. The van der Waals surface area contributed by atoms with Crippen LogP contribution in [0.2, 0.25) is 0 Å². The van der Waals surface area contributed by atoms with E-state index in [0.717, 1.165) is 0 Å². The van der Waals surface area contributed by atoms with E-state index in [1.54, 1.807) is 13.8 Å². The maximum atomic E-state index is 12.7. The zero-order chi connectivity index (χ0) is 23.6. The number of primary amides is 1. The molecule has 0 heterocycles. The lowest BCUT2D eigenvalue weighted by molar-refractivity contribution is -0.143. The molecule has 4 amide bonds. The highest BCUT2D eigenvalue weighted by molar-refractivity contribution is 5.94. The lowest BCUT2D eigenvalue weighted by atomic mass is 9.97. The number of carboxylic acids is 1. The van der Waals surface area contributed by atoms with Gasteiger partial charge in [0, 0.05) is 6.42 Å². The zero-order valence-corrected chi connectivity index (χ0v) is 17.7. The molecule has 0 aromatic rings. The Bertz CT molecular complexity index is 638. The second kappa shape index (κ2) is 12.8. The molecule has 0 aromatic heterocycles. The van der Waals surface area contributed by atoms with Gasteiger partial charge in [0.2, 0.25) is 23.6 Å². The number of hydrogen-bond donors (Lipinski definition) is 7. The standard InChI is InChI=1S/C18H33N5O7/c1-5-8(2)13(16(27)21-11(18(29)30)6-7-12(20)25)22-17(28)14(10(4)24)23-15(26)9(3)19/h8-11,13-14,24H,5-7,19H2,1-4H3,(H2,20,25)(H,21,27)(H,22,28)(H,23,26)(H,29,30). The summed E-state index contributed by atoms with van der Waals surface area (Å²) < 4.78 is 0. The lowest BCUT2D eigenvalue weighted by Gasteiger charge is -2.28. The molecule has 0 aliphatic carbocycles. The fourth-order valence-electron chi connectivity index (χ4n) is 2.44. The third kappa shape index (κ3) is 9.18. The topological polar surface area (TPSA) is 214 Å². The van der Waals surface area contributed by atoms with Gasteiger partial charge in [0.1, 0.15) is 18.1 Å². The van der Waals surface area contributed by atoms with Crippen molar-refractivity contribution in [3.8, 4) is 0 Å². The van der Waals surface area contributed by atoms with Crippen molar-refractivity contribution in [1.82, 2.24) is 16.0 Å². The fraction of sp³-hybridized carbons (Fsp3) is 0.722. The normalized spacial score (nSPS) is 16.9. The van der Waals surface area contributed by atoms with Crippen LogP contribution in [-0.2, 0) is 24.0 Å². The highest BCUT2D eigenvalue weighted by Gasteiger charge is 2.34. The van der Waals surface area contributed by atoms with Crippen molar-refractivity contribution in [2.24, 2.45) is 17.4 Å². The Morgan fingerprint density at radius 2 is 1.40 bits per heavy atom. The first-order valence-corrected chi connectivity index (χ1v) is 9.67. The van der Waals surface area contributed by atoms with E-state index >= 15 is 0 Å². The molecule has 0 rings (SSSR count). The molecule has 0 bridgehead atoms. The van der Waals surface area contributed by atoms with Gasteiger partial charge in [-0.05, 0) is 26.2 Å². The molecule has 172 valence electrons. The number of carboxylic acid groups (broad SMARTS) is 1. The molecule has 12 nitrogen and oxygen atoms in total. The van der Waals surface area contributed by atoms with Crippen molar-refractivity contribution in [2.45, 2.75) is 77.2 Å². The van der Waals surface area contributed by atoms with Crippen LogP contribution in [0.25, 0.3) is 0 Å². The summed E-state index contributed by atoms with van der Waals surface area (Å²) in [6.45, 7) is 6.12. The number of carbonyl (C=O) groups is 5. The smallest absolute Gasteiger partial charge is 0.326 e. The van der Waals surface area contributed by atoms with E-state index in [9.17, 15) is 34.2 Å². The Morgan fingerprint density at radius 1 is 0.900 bits per heavy atom. The van der Waals surface area contributed by atoms with Crippen molar-refractivity contribution in [3.63, 3.8) is 0 Å². The molecule has 0 spiro atoms. The number of aliphatic carboxylic acids is 1. The first-order valence-electron chi connectivity index (χ1n) is 9.67. The summed E-state index contributed by atoms with van der Waals surface area (Å²) >= 11 is 0. The Hall–Kier alpha value is -2.73. The van der Waals surface area contributed by atoms with Gasteiger partial charge in [-0.25, -0.2) is 4.79 Å². The van der Waals surface area contributed by atoms with Crippen molar-refractivity contribution < 1.29 is 34.2 Å². The summed E-state index contributed by atoms with van der Waals surface area (Å²) in [4.78, 5) is 59.4. The third-order valence-electron chi connectivity index (χ3n) is 4.56. The van der Waals surface area contributed by atoms with Gasteiger partial charge in [-0.15, -0.1) is 0 Å². The van der Waals surface area contributed by atoms with Crippen LogP contribution in [0.15, 0.2) is 0 Å². The van der Waals surface area contributed by atoms with E-state index in [1.807, 2.05) is 0 Å². The summed E-state index contributed by atoms with van der Waals surface area (Å²) in [5.74, 6) is -4.76. The average molecular weight is 431 g/mol. The van der Waals surface area contributed by atoms with Crippen LogP contribution in [0.5, 0.6) is 0 Å². The molecule has 6 atom stereocenters. The minimum atomic E-state index is -1.38. The minimum Gasteiger partial charge on any atom is -0.480 e. The highest BCUT2D eigenvalue weighted by Crippen LogP contribution is 2.10. The number of hydrogen-bond acceptors (Lipinski definition) is 7. The first kappa shape index (κ1) is 27.3. The van der Waals surface area contributed by atoms with E-state index in [4.69, 9.17) is 11.5 Å². The number of aliphatic hydroxyl groups excluding tert-OH is 1. The quantitative estimate of drug-likeness (QED) is 0.166. The number of amides is 4. The van der Waals surface area contributed by atoms with E-state index in [2.05, 4.69) is 16.0 Å². The molecule has 12 heteroatoms. The van der Waals surface area contributed by atoms with Gasteiger partial charge in [-0.1, -0.05) is 20.3 Å². The van der Waals surface area contributed by atoms with Crippen LogP contribution in [0.4, 0.5) is 0 Å². The van der Waals surface area contributed by atoms with Crippen LogP contribution in [0.1, 0.15) is 47.0 Å². The molecule has 0 saturated heterocycles. The van der Waals surface area contributed by atoms with Gasteiger partial charge >= 0.3 is 5.97 Å². The molecule has 6 unspecified atom stereocenters. The summed E-state index contributed by atoms with van der Waals surface area (Å²) in [5.41, 5.74) is 10.5. The van der Waals surface area contributed by atoms with E-state index in [0.29, 0.717) is 6.42 Å². The Morgan fingerprint density at radius 3 is 1.80 bits per heavy atom. The van der Waals surface area contributed by atoms with Crippen molar-refractivity contribution >= 4 is 29.6 Å². The second-order valence-electron chi connectivity index (χ2n) is 7.29. The summed E-state index contributed by atoms with van der Waals surface area (Å²) in [5, 5.41) is 26.2. The van der Waals surface area contributed by atoms with Gasteiger partial charge in [0.05, 0.1) is 12.1 Å². The lowest BCUT2D eigenvalue weighted by Crippen LogP contribution is -2.60. The van der Waals surface area contributed by atoms with E-state index in [-0.39, 0.29) is 12.8 Å². The largest absolute Gasteiger partial charge is 0.480 e. The number of nitrogens with one attached hydrogen (secondary N) is 3. The summed E-state index contributed by atoms with van der Waals surface area (Å²) in [7, 11) is 0. The number of aliphatic hydroxyl groups is 1.